The summed E-state index contributed by atoms with van der Waals surface area (Å²) < 4.78 is 1.60. The lowest BCUT2D eigenvalue weighted by molar-refractivity contribution is 0.102. The lowest BCUT2D eigenvalue weighted by atomic mass is 10.3. The number of hydrogen-bond acceptors (Lipinski definition) is 5. The number of nitrogens with zero attached hydrogens (tertiary/aromatic N) is 4. The molecule has 0 unspecified atom stereocenters. The number of nitrogens with one attached hydrogen (secondary N) is 1. The second-order valence-corrected chi connectivity index (χ2v) is 4.28. The first-order valence-electron chi connectivity index (χ1n) is 6.21. The van der Waals surface area contributed by atoms with Crippen LogP contribution in [0, 0.1) is 0 Å². The summed E-state index contributed by atoms with van der Waals surface area (Å²) in [7, 11) is 0. The monoisotopic (exact) mass is 280 g/mol. The molecule has 3 rings (SSSR count). The van der Waals surface area contributed by atoms with Crippen molar-refractivity contribution in [1.82, 2.24) is 19.7 Å². The molecule has 0 aliphatic heterocycles. The molecule has 7 heteroatoms. The molecular weight excluding hydrogens is 268 g/mol. The number of hydrogen-bond donors (Lipinski definition) is 2. The topological polar surface area (TPSA) is 98.7 Å². The van der Waals surface area contributed by atoms with E-state index in [9.17, 15) is 4.79 Å². The Hall–Kier alpha value is -3.22. The van der Waals surface area contributed by atoms with Crippen molar-refractivity contribution in [3.63, 3.8) is 0 Å². The number of carbonyl (C=O) groups is 1. The molecule has 0 atom stereocenters. The van der Waals surface area contributed by atoms with E-state index in [1.807, 2.05) is 12.1 Å². The zero-order valence-electron chi connectivity index (χ0n) is 11.0. The highest BCUT2D eigenvalue weighted by molar-refractivity contribution is 6.02. The first-order chi connectivity index (χ1) is 10.2. The van der Waals surface area contributed by atoms with Gasteiger partial charge in [-0.25, -0.2) is 9.67 Å². The van der Waals surface area contributed by atoms with Crippen molar-refractivity contribution in [1.29, 1.82) is 0 Å². The maximum Gasteiger partial charge on any atom is 0.277 e. The lowest BCUT2D eigenvalue weighted by Gasteiger charge is -2.02. The minimum Gasteiger partial charge on any atom is -0.399 e. The first kappa shape index (κ1) is 12.8. The van der Waals surface area contributed by atoms with Gasteiger partial charge >= 0.3 is 0 Å². The van der Waals surface area contributed by atoms with E-state index >= 15 is 0 Å². The minimum absolute atomic E-state index is 0.289. The molecule has 0 saturated carbocycles. The van der Waals surface area contributed by atoms with Gasteiger partial charge in [0, 0.05) is 24.3 Å². The van der Waals surface area contributed by atoms with Crippen molar-refractivity contribution in [3.8, 4) is 5.69 Å². The summed E-state index contributed by atoms with van der Waals surface area (Å²) in [6.07, 6.45) is 6.21. The molecule has 1 aromatic carbocycles. The molecule has 0 aliphatic carbocycles. The SMILES string of the molecule is Nc1ccc(-n2ccc(C(=O)Nc3cnccn3)n2)cc1. The van der Waals surface area contributed by atoms with Crippen molar-refractivity contribution in [2.24, 2.45) is 0 Å². The zero-order chi connectivity index (χ0) is 14.7. The van der Waals surface area contributed by atoms with Crippen LogP contribution < -0.4 is 11.1 Å². The van der Waals surface area contributed by atoms with Gasteiger partial charge in [-0.2, -0.15) is 5.10 Å². The van der Waals surface area contributed by atoms with Crippen molar-refractivity contribution in [2.75, 3.05) is 11.1 Å². The van der Waals surface area contributed by atoms with Crippen molar-refractivity contribution in [3.05, 3.63) is 60.8 Å². The van der Waals surface area contributed by atoms with Crippen LogP contribution in [-0.4, -0.2) is 25.7 Å². The molecule has 3 aromatic rings. The molecule has 0 radical (unpaired) electrons. The highest BCUT2D eigenvalue weighted by Crippen LogP contribution is 2.11. The fraction of sp³-hybridized carbons (Fsp3) is 0. The lowest BCUT2D eigenvalue weighted by Crippen LogP contribution is -2.14. The summed E-state index contributed by atoms with van der Waals surface area (Å²) in [6, 6.07) is 8.83. The number of amides is 1. The fourth-order valence-electron chi connectivity index (χ4n) is 1.76. The van der Waals surface area contributed by atoms with Gasteiger partial charge in [-0.05, 0) is 30.3 Å². The molecule has 0 saturated heterocycles. The van der Waals surface area contributed by atoms with Gasteiger partial charge in [-0.15, -0.1) is 0 Å². The number of rotatable bonds is 3. The Kier molecular flexibility index (Phi) is 3.30. The van der Waals surface area contributed by atoms with E-state index in [-0.39, 0.29) is 11.6 Å². The summed E-state index contributed by atoms with van der Waals surface area (Å²) in [6.45, 7) is 0. The van der Waals surface area contributed by atoms with Gasteiger partial charge in [0.15, 0.2) is 11.5 Å². The number of carbonyl (C=O) groups excluding carboxylic acids is 1. The van der Waals surface area contributed by atoms with Crippen LogP contribution in [0.2, 0.25) is 0 Å². The van der Waals surface area contributed by atoms with Gasteiger partial charge in [-0.1, -0.05) is 0 Å². The third-order valence-corrected chi connectivity index (χ3v) is 2.78. The van der Waals surface area contributed by atoms with Crippen LogP contribution in [0.1, 0.15) is 10.5 Å². The first-order valence-corrected chi connectivity index (χ1v) is 6.21. The fourth-order valence-corrected chi connectivity index (χ4v) is 1.76. The molecule has 104 valence electrons. The van der Waals surface area contributed by atoms with Crippen LogP contribution in [0.4, 0.5) is 11.5 Å². The maximum atomic E-state index is 12.0. The number of benzene rings is 1. The summed E-state index contributed by atoms with van der Waals surface area (Å²) in [5.74, 6) is 0.0363. The summed E-state index contributed by atoms with van der Waals surface area (Å²) in [5.41, 5.74) is 7.42. The van der Waals surface area contributed by atoms with Gasteiger partial charge in [0.2, 0.25) is 0 Å². The standard InChI is InChI=1S/C14H12N6O/c15-10-1-3-11(4-2-10)20-8-5-12(19-20)14(21)18-13-9-16-6-7-17-13/h1-9H,15H2,(H,17,18,21). The Morgan fingerprint density at radius 2 is 1.95 bits per heavy atom. The van der Waals surface area contributed by atoms with E-state index in [2.05, 4.69) is 20.4 Å². The summed E-state index contributed by atoms with van der Waals surface area (Å²) >= 11 is 0. The van der Waals surface area contributed by atoms with Gasteiger partial charge in [0.1, 0.15) is 0 Å². The predicted molar refractivity (Wildman–Crippen MR) is 78.0 cm³/mol. The van der Waals surface area contributed by atoms with Crippen LogP contribution in [0.5, 0.6) is 0 Å². The van der Waals surface area contributed by atoms with Crippen LogP contribution in [0.15, 0.2) is 55.1 Å². The second kappa shape index (κ2) is 5.41. The number of anilines is 2. The molecule has 7 nitrogen and oxygen atoms in total. The normalized spacial score (nSPS) is 10.3. The predicted octanol–water partition coefficient (Wildman–Crippen LogP) is 1.50. The molecule has 2 heterocycles. The minimum atomic E-state index is -0.343. The van der Waals surface area contributed by atoms with Crippen molar-refractivity contribution < 1.29 is 4.79 Å². The highest BCUT2D eigenvalue weighted by atomic mass is 16.2. The van der Waals surface area contributed by atoms with Crippen molar-refractivity contribution in [2.45, 2.75) is 0 Å². The molecule has 1 amide bonds. The van der Waals surface area contributed by atoms with Gasteiger partial charge in [0.25, 0.3) is 5.91 Å². The summed E-state index contributed by atoms with van der Waals surface area (Å²) in [5, 5.41) is 6.85. The third kappa shape index (κ3) is 2.86. The molecule has 21 heavy (non-hydrogen) atoms. The van der Waals surface area contributed by atoms with E-state index < -0.39 is 0 Å². The van der Waals surface area contributed by atoms with Gasteiger partial charge in [0.05, 0.1) is 11.9 Å². The number of nitrogens with two attached hydrogens (primary N) is 1. The molecule has 0 spiro atoms. The van der Waals surface area contributed by atoms with E-state index in [0.717, 1.165) is 5.69 Å². The largest absolute Gasteiger partial charge is 0.399 e. The maximum absolute atomic E-state index is 12.0. The van der Waals surface area contributed by atoms with E-state index in [1.165, 1.54) is 18.6 Å². The van der Waals surface area contributed by atoms with Gasteiger partial charge in [-0.3, -0.25) is 9.78 Å². The average Bonchev–Trinajstić information content (AvgIpc) is 2.99. The molecule has 0 bridgehead atoms. The van der Waals surface area contributed by atoms with E-state index in [4.69, 9.17) is 5.73 Å². The Morgan fingerprint density at radius 1 is 1.14 bits per heavy atom. The van der Waals surface area contributed by atoms with Crippen LogP contribution in [-0.2, 0) is 0 Å². The molecule has 0 aliphatic rings. The smallest absolute Gasteiger partial charge is 0.277 e. The average molecular weight is 280 g/mol. The zero-order valence-corrected chi connectivity index (χ0v) is 11.0. The van der Waals surface area contributed by atoms with Crippen LogP contribution in [0.3, 0.4) is 0 Å². The van der Waals surface area contributed by atoms with Crippen molar-refractivity contribution >= 4 is 17.4 Å². The Balaban J connectivity index is 1.78. The summed E-state index contributed by atoms with van der Waals surface area (Å²) in [4.78, 5) is 19.9. The molecule has 0 fully saturated rings. The second-order valence-electron chi connectivity index (χ2n) is 4.28. The Morgan fingerprint density at radius 3 is 2.67 bits per heavy atom. The number of nitrogen functional groups attached to an aromatic ring is 1. The number of aromatic nitrogens is 4. The molecular formula is C14H12N6O. The Labute approximate surface area is 120 Å². The highest BCUT2D eigenvalue weighted by Gasteiger charge is 2.11. The van der Waals surface area contributed by atoms with Gasteiger partial charge < -0.3 is 11.1 Å². The Bertz CT molecular complexity index is 751. The quantitative estimate of drug-likeness (QED) is 0.708. The molecule has 2 aromatic heterocycles. The van der Waals surface area contributed by atoms with Crippen LogP contribution >= 0.6 is 0 Å². The third-order valence-electron chi connectivity index (χ3n) is 2.78. The van der Waals surface area contributed by atoms with E-state index in [1.54, 1.807) is 29.1 Å². The van der Waals surface area contributed by atoms with E-state index in [0.29, 0.717) is 11.5 Å². The molecule has 3 N–H and O–H groups in total. The van der Waals surface area contributed by atoms with Crippen LogP contribution in [0.25, 0.3) is 5.69 Å².